The second-order valence-corrected chi connectivity index (χ2v) is 6.27. The summed E-state index contributed by atoms with van der Waals surface area (Å²) in [5.74, 6) is 1.20. The molecule has 6 heteroatoms. The Bertz CT molecular complexity index is 707. The van der Waals surface area contributed by atoms with Gasteiger partial charge in [0.05, 0.1) is 24.3 Å². The summed E-state index contributed by atoms with van der Waals surface area (Å²) in [5, 5.41) is 13.2. The quantitative estimate of drug-likeness (QED) is 0.865. The highest BCUT2D eigenvalue weighted by Crippen LogP contribution is 2.24. The van der Waals surface area contributed by atoms with Crippen LogP contribution in [0.1, 0.15) is 42.4 Å². The molecule has 2 aromatic heterocycles. The molecule has 6 nitrogen and oxygen atoms in total. The highest BCUT2D eigenvalue weighted by Gasteiger charge is 2.26. The molecule has 22 heavy (non-hydrogen) atoms. The molecular formula is C16H20N6. The second-order valence-electron chi connectivity index (χ2n) is 6.27. The molecule has 0 spiro atoms. The Balaban J connectivity index is 1.43. The van der Waals surface area contributed by atoms with Crippen LogP contribution in [0.25, 0.3) is 0 Å². The molecule has 4 heterocycles. The van der Waals surface area contributed by atoms with Gasteiger partial charge in [0.25, 0.3) is 0 Å². The van der Waals surface area contributed by atoms with E-state index in [2.05, 4.69) is 31.8 Å². The summed E-state index contributed by atoms with van der Waals surface area (Å²) in [5.41, 5.74) is 2.03. The minimum absolute atomic E-state index is 0.373. The molecule has 1 fully saturated rings. The summed E-state index contributed by atoms with van der Waals surface area (Å²) in [4.78, 5) is 7.08. The molecule has 2 aliphatic rings. The summed E-state index contributed by atoms with van der Waals surface area (Å²) in [6, 6.07) is 2.52. The van der Waals surface area contributed by atoms with Crippen LogP contribution in [0, 0.1) is 11.3 Å². The van der Waals surface area contributed by atoms with Gasteiger partial charge in [-0.05, 0) is 25.7 Å². The lowest BCUT2D eigenvalue weighted by Crippen LogP contribution is -2.24. The van der Waals surface area contributed by atoms with Gasteiger partial charge in [-0.3, -0.25) is 9.58 Å². The molecule has 0 aliphatic carbocycles. The summed E-state index contributed by atoms with van der Waals surface area (Å²) >= 11 is 0. The van der Waals surface area contributed by atoms with E-state index in [-0.39, 0.29) is 0 Å². The summed E-state index contributed by atoms with van der Waals surface area (Å²) in [6.45, 7) is 4.08. The molecule has 4 rings (SSSR count). The van der Waals surface area contributed by atoms with Crippen LogP contribution < -0.4 is 0 Å². The molecule has 114 valence electrons. The predicted octanol–water partition coefficient (Wildman–Crippen LogP) is 1.73. The molecular weight excluding hydrogens is 276 g/mol. The van der Waals surface area contributed by atoms with Crippen LogP contribution in [0.4, 0.5) is 0 Å². The number of nitrogens with zero attached hydrogens (tertiary/aromatic N) is 6. The van der Waals surface area contributed by atoms with Crippen molar-refractivity contribution in [1.29, 1.82) is 5.26 Å². The van der Waals surface area contributed by atoms with E-state index in [4.69, 9.17) is 5.26 Å². The highest BCUT2D eigenvalue weighted by molar-refractivity contribution is 5.22. The van der Waals surface area contributed by atoms with Gasteiger partial charge in [0.2, 0.25) is 0 Å². The van der Waals surface area contributed by atoms with E-state index in [0.29, 0.717) is 11.6 Å². The lowest BCUT2D eigenvalue weighted by atomic mass is 10.1. The van der Waals surface area contributed by atoms with Crippen molar-refractivity contribution in [2.75, 3.05) is 13.1 Å². The standard InChI is InChI=1S/C16H20N6/c17-7-13-8-19-22(10-13)15-4-6-20(11-15)12-16-18-9-14-3-1-2-5-21(14)16/h8-10,15H,1-6,11-12H2. The first-order valence-electron chi connectivity index (χ1n) is 8.03. The number of rotatable bonds is 3. The fraction of sp³-hybridized carbons (Fsp3) is 0.562. The number of fused-ring (bicyclic) bond motifs is 1. The third-order valence-electron chi connectivity index (χ3n) is 4.80. The molecule has 1 saturated heterocycles. The number of imidazole rings is 1. The lowest BCUT2D eigenvalue weighted by molar-refractivity contribution is 0.296. The van der Waals surface area contributed by atoms with Gasteiger partial charge in [0.15, 0.2) is 0 Å². The fourth-order valence-electron chi connectivity index (χ4n) is 3.60. The predicted molar refractivity (Wildman–Crippen MR) is 81.0 cm³/mol. The molecule has 0 radical (unpaired) electrons. The topological polar surface area (TPSA) is 62.7 Å². The molecule has 0 bridgehead atoms. The molecule has 2 aliphatic heterocycles. The van der Waals surface area contributed by atoms with Crippen molar-refractivity contribution < 1.29 is 0 Å². The average Bonchev–Trinajstić information content (AvgIpc) is 3.27. The van der Waals surface area contributed by atoms with Crippen molar-refractivity contribution >= 4 is 0 Å². The van der Waals surface area contributed by atoms with Crippen molar-refractivity contribution in [3.63, 3.8) is 0 Å². The van der Waals surface area contributed by atoms with Crippen LogP contribution >= 0.6 is 0 Å². The first kappa shape index (κ1) is 13.5. The Kier molecular flexibility index (Phi) is 3.43. The Labute approximate surface area is 130 Å². The van der Waals surface area contributed by atoms with Crippen LogP contribution in [0.3, 0.4) is 0 Å². The van der Waals surface area contributed by atoms with E-state index < -0.39 is 0 Å². The van der Waals surface area contributed by atoms with Gasteiger partial charge in [-0.1, -0.05) is 0 Å². The smallest absolute Gasteiger partial charge is 0.123 e. The zero-order valence-corrected chi connectivity index (χ0v) is 12.6. The number of aryl methyl sites for hydroxylation is 1. The van der Waals surface area contributed by atoms with Crippen LogP contribution in [0.15, 0.2) is 18.6 Å². The minimum atomic E-state index is 0.373. The van der Waals surface area contributed by atoms with E-state index in [1.54, 1.807) is 6.20 Å². The molecule has 0 amide bonds. The van der Waals surface area contributed by atoms with Gasteiger partial charge in [-0.25, -0.2) is 4.98 Å². The van der Waals surface area contributed by atoms with Crippen molar-refractivity contribution in [3.8, 4) is 6.07 Å². The largest absolute Gasteiger partial charge is 0.331 e. The molecule has 0 N–H and O–H groups in total. The third kappa shape index (κ3) is 2.42. The van der Waals surface area contributed by atoms with Gasteiger partial charge < -0.3 is 4.57 Å². The van der Waals surface area contributed by atoms with Gasteiger partial charge in [-0.15, -0.1) is 0 Å². The Morgan fingerprint density at radius 1 is 1.27 bits per heavy atom. The molecule has 1 atom stereocenters. The first-order valence-corrected chi connectivity index (χ1v) is 8.03. The average molecular weight is 296 g/mol. The zero-order valence-electron chi connectivity index (χ0n) is 12.6. The first-order chi connectivity index (χ1) is 10.8. The maximum atomic E-state index is 8.90. The Morgan fingerprint density at radius 2 is 2.23 bits per heavy atom. The van der Waals surface area contributed by atoms with Crippen molar-refractivity contribution in [1.82, 2.24) is 24.2 Å². The van der Waals surface area contributed by atoms with Gasteiger partial charge in [0, 0.05) is 37.7 Å². The Hall–Kier alpha value is -2.13. The fourth-order valence-corrected chi connectivity index (χ4v) is 3.60. The molecule has 0 saturated carbocycles. The molecule has 1 unspecified atom stereocenters. The number of hydrogen-bond donors (Lipinski definition) is 0. The van der Waals surface area contributed by atoms with E-state index in [0.717, 1.165) is 32.6 Å². The monoisotopic (exact) mass is 296 g/mol. The molecule has 0 aromatic carbocycles. The number of likely N-dealkylation sites (tertiary alicyclic amines) is 1. The minimum Gasteiger partial charge on any atom is -0.331 e. The normalized spacial score (nSPS) is 21.7. The van der Waals surface area contributed by atoms with Gasteiger partial charge in [-0.2, -0.15) is 10.4 Å². The molecule has 2 aromatic rings. The zero-order chi connectivity index (χ0) is 14.9. The number of nitriles is 1. The maximum absolute atomic E-state index is 8.90. The van der Waals surface area contributed by atoms with E-state index in [9.17, 15) is 0 Å². The van der Waals surface area contributed by atoms with Crippen LogP contribution in [-0.4, -0.2) is 37.3 Å². The number of aromatic nitrogens is 4. The van der Waals surface area contributed by atoms with Crippen molar-refractivity contribution in [2.45, 2.75) is 44.8 Å². The third-order valence-corrected chi connectivity index (χ3v) is 4.80. The SMILES string of the molecule is N#Cc1cnn(C2CCN(Cc3ncc4n3CCCC4)C2)c1. The van der Waals surface area contributed by atoms with Crippen molar-refractivity contribution in [3.05, 3.63) is 35.7 Å². The van der Waals surface area contributed by atoms with Crippen LogP contribution in [0.2, 0.25) is 0 Å². The highest BCUT2D eigenvalue weighted by atomic mass is 15.3. The van der Waals surface area contributed by atoms with E-state index in [1.165, 1.54) is 30.8 Å². The summed E-state index contributed by atoms with van der Waals surface area (Å²) < 4.78 is 4.35. The van der Waals surface area contributed by atoms with Gasteiger partial charge in [0.1, 0.15) is 11.9 Å². The van der Waals surface area contributed by atoms with E-state index >= 15 is 0 Å². The number of hydrogen-bond acceptors (Lipinski definition) is 4. The summed E-state index contributed by atoms with van der Waals surface area (Å²) in [6.07, 6.45) is 10.4. The maximum Gasteiger partial charge on any atom is 0.123 e. The van der Waals surface area contributed by atoms with E-state index in [1.807, 2.05) is 10.9 Å². The Morgan fingerprint density at radius 3 is 3.09 bits per heavy atom. The summed E-state index contributed by atoms with van der Waals surface area (Å²) in [7, 11) is 0. The second kappa shape index (κ2) is 5.58. The lowest BCUT2D eigenvalue weighted by Gasteiger charge is -2.20. The van der Waals surface area contributed by atoms with Crippen LogP contribution in [0.5, 0.6) is 0 Å². The van der Waals surface area contributed by atoms with Gasteiger partial charge >= 0.3 is 0 Å². The van der Waals surface area contributed by atoms with Crippen LogP contribution in [-0.2, 0) is 19.5 Å². The van der Waals surface area contributed by atoms with Crippen molar-refractivity contribution in [2.24, 2.45) is 0 Å².